The number of ether oxygens (including phenoxy) is 1. The highest BCUT2D eigenvalue weighted by Crippen LogP contribution is 2.40. The van der Waals surface area contributed by atoms with Gasteiger partial charge < -0.3 is 19.6 Å². The number of hydrogen-bond acceptors (Lipinski definition) is 6. The summed E-state index contributed by atoms with van der Waals surface area (Å²) in [5.41, 5.74) is 3.45. The Kier molecular flexibility index (Phi) is 6.43. The quantitative estimate of drug-likeness (QED) is 0.329. The molecule has 4 rings (SSSR count). The number of benzene rings is 1. The van der Waals surface area contributed by atoms with Gasteiger partial charge in [0.2, 0.25) is 0 Å². The molecular formula is C26H30N4O4. The van der Waals surface area contributed by atoms with Crippen molar-refractivity contribution >= 4 is 23.1 Å². The average Bonchev–Trinajstić information content (AvgIpc) is 3.28. The highest BCUT2D eigenvalue weighted by Gasteiger charge is 2.46. The van der Waals surface area contributed by atoms with E-state index in [1.807, 2.05) is 50.2 Å². The van der Waals surface area contributed by atoms with Crippen LogP contribution >= 0.6 is 0 Å². The minimum absolute atomic E-state index is 0.0754. The Morgan fingerprint density at radius 3 is 2.50 bits per heavy atom. The number of likely N-dealkylation sites (tertiary alicyclic amines) is 1. The van der Waals surface area contributed by atoms with Crippen LogP contribution in [-0.2, 0) is 9.59 Å². The minimum Gasteiger partial charge on any atom is -0.505 e. The van der Waals surface area contributed by atoms with Crippen LogP contribution in [0.25, 0.3) is 11.4 Å². The van der Waals surface area contributed by atoms with Crippen molar-refractivity contribution in [1.29, 1.82) is 0 Å². The van der Waals surface area contributed by atoms with Crippen molar-refractivity contribution < 1.29 is 19.4 Å². The number of fused-ring (bicyclic) bond motifs is 1. The fourth-order valence-corrected chi connectivity index (χ4v) is 4.53. The van der Waals surface area contributed by atoms with Gasteiger partial charge in [-0.05, 0) is 70.2 Å². The Hall–Kier alpha value is -3.65. The number of rotatable bonds is 7. The number of aliphatic hydroxyl groups is 1. The van der Waals surface area contributed by atoms with Crippen LogP contribution in [0.5, 0.6) is 5.75 Å². The second-order valence-electron chi connectivity index (χ2n) is 8.85. The van der Waals surface area contributed by atoms with E-state index in [2.05, 4.69) is 4.98 Å². The number of hydrogen-bond donors (Lipinski definition) is 1. The maximum Gasteiger partial charge on any atom is 0.295 e. The lowest BCUT2D eigenvalue weighted by Gasteiger charge is -2.26. The Bertz CT molecular complexity index is 1270. The molecule has 0 unspecified atom stereocenters. The molecule has 1 amide bonds. The van der Waals surface area contributed by atoms with Gasteiger partial charge in [-0.2, -0.15) is 0 Å². The predicted molar refractivity (Wildman–Crippen MR) is 130 cm³/mol. The molecule has 1 aliphatic rings. The zero-order valence-electron chi connectivity index (χ0n) is 20.2. The fraction of sp³-hybridized carbons (Fsp3) is 0.346. The van der Waals surface area contributed by atoms with E-state index >= 15 is 0 Å². The van der Waals surface area contributed by atoms with Crippen LogP contribution in [0.1, 0.15) is 35.0 Å². The number of carbonyl (C=O) groups excluding carboxylic acids is 2. The van der Waals surface area contributed by atoms with Crippen LogP contribution in [0.4, 0.5) is 0 Å². The molecule has 178 valence electrons. The van der Waals surface area contributed by atoms with Crippen LogP contribution in [0.15, 0.2) is 48.2 Å². The molecule has 34 heavy (non-hydrogen) atoms. The monoisotopic (exact) mass is 462 g/mol. The van der Waals surface area contributed by atoms with Gasteiger partial charge >= 0.3 is 0 Å². The Morgan fingerprint density at radius 2 is 1.85 bits per heavy atom. The maximum atomic E-state index is 13.3. The number of pyridine rings is 1. The lowest BCUT2D eigenvalue weighted by atomic mass is 9.96. The van der Waals surface area contributed by atoms with E-state index in [-0.39, 0.29) is 11.3 Å². The van der Waals surface area contributed by atoms with Crippen LogP contribution in [-0.4, -0.2) is 70.3 Å². The fourth-order valence-electron chi connectivity index (χ4n) is 4.53. The van der Waals surface area contributed by atoms with Crippen molar-refractivity contribution in [3.8, 4) is 5.75 Å². The Balaban J connectivity index is 1.88. The third-order valence-corrected chi connectivity index (χ3v) is 6.22. The average molecular weight is 463 g/mol. The van der Waals surface area contributed by atoms with Crippen LogP contribution in [0.2, 0.25) is 0 Å². The van der Waals surface area contributed by atoms with Gasteiger partial charge in [0.1, 0.15) is 17.1 Å². The molecule has 0 spiro atoms. The van der Waals surface area contributed by atoms with Crippen molar-refractivity contribution in [2.24, 2.45) is 0 Å². The van der Waals surface area contributed by atoms with E-state index in [1.54, 1.807) is 41.7 Å². The first-order chi connectivity index (χ1) is 16.2. The maximum absolute atomic E-state index is 13.3. The van der Waals surface area contributed by atoms with Gasteiger partial charge in [-0.15, -0.1) is 0 Å². The molecule has 0 aliphatic carbocycles. The number of aryl methyl sites for hydroxylation is 2. The van der Waals surface area contributed by atoms with Gasteiger partial charge in [-0.3, -0.25) is 14.0 Å². The molecule has 1 aromatic carbocycles. The molecule has 1 aliphatic heterocycles. The third-order valence-electron chi connectivity index (χ3n) is 6.22. The summed E-state index contributed by atoms with van der Waals surface area (Å²) < 4.78 is 7.04. The number of aliphatic hydroxyl groups excluding tert-OH is 1. The largest absolute Gasteiger partial charge is 0.505 e. The van der Waals surface area contributed by atoms with Crippen molar-refractivity contribution in [3.05, 3.63) is 70.7 Å². The van der Waals surface area contributed by atoms with Gasteiger partial charge in [0.05, 0.1) is 24.4 Å². The SMILES string of the molecule is COc1ccc([C@H]2C(=C(O)c3c(C)nc4c(C)cccn34)C(=O)C(=O)N2CCCN(C)C)cc1. The van der Waals surface area contributed by atoms with Gasteiger partial charge in [-0.1, -0.05) is 18.2 Å². The highest BCUT2D eigenvalue weighted by molar-refractivity contribution is 6.46. The summed E-state index contributed by atoms with van der Waals surface area (Å²) in [5, 5.41) is 11.5. The first-order valence-electron chi connectivity index (χ1n) is 11.3. The number of Topliss-reactive ketones (excluding diaryl/α,β-unsaturated/α-hetero) is 1. The number of amides is 1. The van der Waals surface area contributed by atoms with Gasteiger partial charge in [0.25, 0.3) is 11.7 Å². The number of aromatic nitrogens is 2. The molecule has 8 nitrogen and oxygen atoms in total. The molecule has 0 bridgehead atoms. The lowest BCUT2D eigenvalue weighted by molar-refractivity contribution is -0.139. The molecule has 2 aromatic heterocycles. The molecule has 1 fully saturated rings. The van der Waals surface area contributed by atoms with Crippen molar-refractivity contribution in [1.82, 2.24) is 19.2 Å². The zero-order valence-corrected chi connectivity index (χ0v) is 20.2. The van der Waals surface area contributed by atoms with E-state index < -0.39 is 17.7 Å². The van der Waals surface area contributed by atoms with Crippen molar-refractivity contribution in [2.45, 2.75) is 26.3 Å². The van der Waals surface area contributed by atoms with Crippen LogP contribution in [0.3, 0.4) is 0 Å². The standard InChI is InChI=1S/C26H30N4O4/c1-16-8-6-14-29-21(17(2)27-25(16)29)23(31)20-22(18-9-11-19(34-5)12-10-18)30(26(33)24(20)32)15-7-13-28(3)4/h6,8-12,14,22,31H,7,13,15H2,1-5H3/t22-/m0/s1. The molecule has 3 aromatic rings. The first kappa shape index (κ1) is 23.5. The smallest absolute Gasteiger partial charge is 0.295 e. The summed E-state index contributed by atoms with van der Waals surface area (Å²) in [4.78, 5) is 34.6. The van der Waals surface area contributed by atoms with Gasteiger partial charge in [0, 0.05) is 12.7 Å². The Morgan fingerprint density at radius 1 is 1.15 bits per heavy atom. The van der Waals surface area contributed by atoms with Crippen molar-refractivity contribution in [3.63, 3.8) is 0 Å². The van der Waals surface area contributed by atoms with E-state index in [0.29, 0.717) is 35.8 Å². The predicted octanol–water partition coefficient (Wildman–Crippen LogP) is 3.33. The number of methoxy groups -OCH3 is 1. The summed E-state index contributed by atoms with van der Waals surface area (Å²) in [6.45, 7) is 4.88. The van der Waals surface area contributed by atoms with Crippen molar-refractivity contribution in [2.75, 3.05) is 34.3 Å². The molecule has 8 heteroatoms. The normalized spacial score (nSPS) is 17.8. The second kappa shape index (κ2) is 9.30. The summed E-state index contributed by atoms with van der Waals surface area (Å²) in [7, 11) is 5.51. The molecule has 1 N–H and O–H groups in total. The van der Waals surface area contributed by atoms with Gasteiger partial charge in [-0.25, -0.2) is 4.98 Å². The molecule has 1 atom stereocenters. The number of ketones is 1. The topological polar surface area (TPSA) is 87.4 Å². The minimum atomic E-state index is -0.706. The molecule has 0 radical (unpaired) electrons. The third kappa shape index (κ3) is 4.05. The number of imidazole rings is 1. The first-order valence-corrected chi connectivity index (χ1v) is 11.3. The second-order valence-corrected chi connectivity index (χ2v) is 8.85. The van der Waals surface area contributed by atoms with Crippen LogP contribution < -0.4 is 4.74 Å². The zero-order chi connectivity index (χ0) is 24.6. The van der Waals surface area contributed by atoms with E-state index in [1.165, 1.54) is 0 Å². The highest BCUT2D eigenvalue weighted by atomic mass is 16.5. The number of nitrogens with zero attached hydrogens (tertiary/aromatic N) is 4. The summed E-state index contributed by atoms with van der Waals surface area (Å²) in [6.07, 6.45) is 2.49. The molecule has 0 saturated carbocycles. The molecule has 1 saturated heterocycles. The van der Waals surface area contributed by atoms with E-state index in [4.69, 9.17) is 4.74 Å². The summed E-state index contributed by atoms with van der Waals surface area (Å²) in [6, 6.07) is 10.3. The van der Waals surface area contributed by atoms with E-state index in [0.717, 1.165) is 17.7 Å². The van der Waals surface area contributed by atoms with Crippen LogP contribution in [0, 0.1) is 13.8 Å². The number of carbonyl (C=O) groups is 2. The summed E-state index contributed by atoms with van der Waals surface area (Å²) in [5.74, 6) is -0.847. The Labute approximate surface area is 199 Å². The van der Waals surface area contributed by atoms with Gasteiger partial charge in [0.15, 0.2) is 5.76 Å². The molecule has 3 heterocycles. The molecular weight excluding hydrogens is 432 g/mol. The summed E-state index contributed by atoms with van der Waals surface area (Å²) >= 11 is 0. The lowest BCUT2D eigenvalue weighted by Crippen LogP contribution is -2.32. The van der Waals surface area contributed by atoms with E-state index in [9.17, 15) is 14.7 Å².